The first-order valence-electron chi connectivity index (χ1n) is 7.45. The van der Waals surface area contributed by atoms with Crippen molar-refractivity contribution in [3.05, 3.63) is 29.3 Å². The highest BCUT2D eigenvalue weighted by Gasteiger charge is 2.39. The van der Waals surface area contributed by atoms with E-state index < -0.39 is 15.4 Å². The van der Waals surface area contributed by atoms with E-state index in [1.54, 1.807) is 31.2 Å². The number of benzene rings is 1. The molecule has 1 amide bonds. The van der Waals surface area contributed by atoms with Crippen molar-refractivity contribution < 1.29 is 13.2 Å². The Morgan fingerprint density at radius 3 is 2.76 bits per heavy atom. The van der Waals surface area contributed by atoms with E-state index in [0.717, 1.165) is 5.69 Å². The first kappa shape index (κ1) is 18.2. The summed E-state index contributed by atoms with van der Waals surface area (Å²) in [6.07, 6.45) is 0.425. The van der Waals surface area contributed by atoms with Gasteiger partial charge in [0.2, 0.25) is 11.1 Å². The Bertz CT molecular complexity index is 884. The number of carbonyl (C=O) groups excluding carboxylic acids is 1. The number of rotatable bonds is 5. The molecule has 8 nitrogen and oxygen atoms in total. The number of carbonyl (C=O) groups is 1. The maximum atomic E-state index is 12.2. The number of sulfone groups is 1. The number of nitrogens with zero attached hydrogens (tertiary/aromatic N) is 4. The van der Waals surface area contributed by atoms with E-state index >= 15 is 0 Å². The van der Waals surface area contributed by atoms with Crippen LogP contribution in [0.4, 0.5) is 0 Å². The zero-order chi connectivity index (χ0) is 18.1. The Labute approximate surface area is 154 Å². The van der Waals surface area contributed by atoms with Gasteiger partial charge in [-0.05, 0) is 48.0 Å². The highest BCUT2D eigenvalue weighted by Crippen LogP contribution is 2.24. The molecule has 2 heterocycles. The summed E-state index contributed by atoms with van der Waals surface area (Å²) < 4.78 is 24.7. The standard InChI is InChI=1S/C14H16ClN5O3S2/c1-14(6-7-25(22,23)9-14)16-12(21)8-24-13-17-18-19-20(13)11-4-2-10(15)3-5-11/h2-5H,6-9H2,1H3,(H,16,21)/t14-/m0/s1. The molecular formula is C14H16ClN5O3S2. The molecule has 1 aromatic carbocycles. The van der Waals surface area contributed by atoms with Crippen LogP contribution in [0.15, 0.2) is 29.4 Å². The molecule has 0 saturated carbocycles. The number of thioether (sulfide) groups is 1. The van der Waals surface area contributed by atoms with Gasteiger partial charge in [-0.15, -0.1) is 5.10 Å². The highest BCUT2D eigenvalue weighted by molar-refractivity contribution is 7.99. The van der Waals surface area contributed by atoms with Crippen molar-refractivity contribution in [1.29, 1.82) is 0 Å². The lowest BCUT2D eigenvalue weighted by Gasteiger charge is -2.23. The van der Waals surface area contributed by atoms with E-state index in [-0.39, 0.29) is 23.2 Å². The maximum Gasteiger partial charge on any atom is 0.230 e. The molecule has 25 heavy (non-hydrogen) atoms. The van der Waals surface area contributed by atoms with Gasteiger partial charge in [0.25, 0.3) is 0 Å². The van der Waals surface area contributed by atoms with Gasteiger partial charge in [0.1, 0.15) is 0 Å². The van der Waals surface area contributed by atoms with Gasteiger partial charge >= 0.3 is 0 Å². The number of aromatic nitrogens is 4. The first-order chi connectivity index (χ1) is 11.8. The van der Waals surface area contributed by atoms with Gasteiger partial charge in [0.05, 0.1) is 28.5 Å². The monoisotopic (exact) mass is 401 g/mol. The minimum absolute atomic E-state index is 0.0288. The smallest absolute Gasteiger partial charge is 0.230 e. The molecule has 1 atom stereocenters. The molecule has 11 heteroatoms. The third-order valence-electron chi connectivity index (χ3n) is 3.79. The molecule has 0 radical (unpaired) electrons. The maximum absolute atomic E-state index is 12.2. The Morgan fingerprint density at radius 2 is 2.12 bits per heavy atom. The fraction of sp³-hybridized carbons (Fsp3) is 0.429. The van der Waals surface area contributed by atoms with Crippen molar-refractivity contribution >= 4 is 39.1 Å². The van der Waals surface area contributed by atoms with Crippen LogP contribution in [0.1, 0.15) is 13.3 Å². The van der Waals surface area contributed by atoms with Gasteiger partial charge in [0.15, 0.2) is 9.84 Å². The quantitative estimate of drug-likeness (QED) is 0.747. The molecule has 0 unspecified atom stereocenters. The Balaban J connectivity index is 1.62. The van der Waals surface area contributed by atoms with Crippen molar-refractivity contribution in [2.24, 2.45) is 0 Å². The second kappa shape index (κ2) is 6.93. The van der Waals surface area contributed by atoms with E-state index in [9.17, 15) is 13.2 Å². The van der Waals surface area contributed by atoms with Crippen LogP contribution in [0.3, 0.4) is 0 Å². The van der Waals surface area contributed by atoms with E-state index in [4.69, 9.17) is 11.6 Å². The van der Waals surface area contributed by atoms with Crippen LogP contribution in [0.5, 0.6) is 0 Å². The average Bonchev–Trinajstić information content (AvgIpc) is 3.10. The minimum atomic E-state index is -3.07. The van der Waals surface area contributed by atoms with Crippen molar-refractivity contribution in [2.45, 2.75) is 24.0 Å². The number of halogens is 1. The van der Waals surface area contributed by atoms with Gasteiger partial charge in [-0.1, -0.05) is 23.4 Å². The molecule has 0 aliphatic carbocycles. The Hall–Kier alpha value is -1.65. The van der Waals surface area contributed by atoms with Crippen molar-refractivity contribution in [3.63, 3.8) is 0 Å². The lowest BCUT2D eigenvalue weighted by atomic mass is 10.0. The van der Waals surface area contributed by atoms with Crippen LogP contribution >= 0.6 is 23.4 Å². The van der Waals surface area contributed by atoms with Crippen molar-refractivity contribution in [1.82, 2.24) is 25.5 Å². The lowest BCUT2D eigenvalue weighted by Crippen LogP contribution is -2.47. The van der Waals surface area contributed by atoms with Gasteiger partial charge < -0.3 is 5.32 Å². The van der Waals surface area contributed by atoms with Crippen LogP contribution in [-0.4, -0.2) is 57.3 Å². The summed E-state index contributed by atoms with van der Waals surface area (Å²) in [5.74, 6) is -0.0934. The predicted molar refractivity (Wildman–Crippen MR) is 94.7 cm³/mol. The topological polar surface area (TPSA) is 107 Å². The van der Waals surface area contributed by atoms with E-state index in [2.05, 4.69) is 20.8 Å². The minimum Gasteiger partial charge on any atom is -0.349 e. The number of tetrazole rings is 1. The van der Waals surface area contributed by atoms with Gasteiger partial charge in [-0.2, -0.15) is 4.68 Å². The normalized spacial score (nSPS) is 22.0. The summed E-state index contributed by atoms with van der Waals surface area (Å²) in [7, 11) is -3.07. The SMILES string of the molecule is C[C@]1(NC(=O)CSc2nnnn2-c2ccc(Cl)cc2)CCS(=O)(=O)C1. The molecule has 134 valence electrons. The third-order valence-corrected chi connectivity index (χ3v) is 6.86. The number of nitrogens with one attached hydrogen (secondary N) is 1. The summed E-state index contributed by atoms with van der Waals surface area (Å²) >= 11 is 7.04. The van der Waals surface area contributed by atoms with Crippen LogP contribution in [0, 0.1) is 0 Å². The Morgan fingerprint density at radius 1 is 1.40 bits per heavy atom. The van der Waals surface area contributed by atoms with Crippen molar-refractivity contribution in [3.8, 4) is 5.69 Å². The molecule has 0 bridgehead atoms. The van der Waals surface area contributed by atoms with Gasteiger partial charge in [-0.25, -0.2) is 8.42 Å². The zero-order valence-corrected chi connectivity index (χ0v) is 15.7. The molecule has 2 aromatic rings. The van der Waals surface area contributed by atoms with Gasteiger partial charge in [-0.3, -0.25) is 4.79 Å². The van der Waals surface area contributed by atoms with Crippen LogP contribution in [0.25, 0.3) is 5.69 Å². The molecule has 1 N–H and O–H groups in total. The fourth-order valence-electron chi connectivity index (χ4n) is 2.63. The third kappa shape index (κ3) is 4.50. The molecule has 1 aromatic heterocycles. The molecule has 1 aliphatic rings. The summed E-state index contributed by atoms with van der Waals surface area (Å²) in [5.41, 5.74) is 0.0182. The first-order valence-corrected chi connectivity index (χ1v) is 10.6. The molecule has 1 aliphatic heterocycles. The molecule has 3 rings (SSSR count). The number of amides is 1. The summed E-state index contributed by atoms with van der Waals surface area (Å²) in [5, 5.41) is 15.3. The molecular weight excluding hydrogens is 386 g/mol. The summed E-state index contributed by atoms with van der Waals surface area (Å²) in [4.78, 5) is 12.2. The number of hydrogen-bond acceptors (Lipinski definition) is 7. The largest absolute Gasteiger partial charge is 0.349 e. The van der Waals surface area contributed by atoms with Crippen molar-refractivity contribution in [2.75, 3.05) is 17.3 Å². The van der Waals surface area contributed by atoms with E-state index in [1.165, 1.54) is 16.4 Å². The molecule has 0 spiro atoms. The second-order valence-electron chi connectivity index (χ2n) is 6.09. The predicted octanol–water partition coefficient (Wildman–Crippen LogP) is 1.10. The summed E-state index contributed by atoms with van der Waals surface area (Å²) in [6.45, 7) is 1.75. The summed E-state index contributed by atoms with van der Waals surface area (Å²) in [6, 6.07) is 6.99. The van der Waals surface area contributed by atoms with Crippen LogP contribution in [0.2, 0.25) is 5.02 Å². The molecule has 1 saturated heterocycles. The van der Waals surface area contributed by atoms with Crippen LogP contribution < -0.4 is 5.32 Å². The molecule has 1 fully saturated rings. The zero-order valence-electron chi connectivity index (χ0n) is 13.3. The van der Waals surface area contributed by atoms with Crippen LogP contribution in [-0.2, 0) is 14.6 Å². The lowest BCUT2D eigenvalue weighted by molar-refractivity contribution is -0.120. The Kier molecular flexibility index (Phi) is 5.03. The van der Waals surface area contributed by atoms with E-state index in [0.29, 0.717) is 16.6 Å². The fourth-order valence-corrected chi connectivity index (χ4v) is 5.54. The van der Waals surface area contributed by atoms with E-state index in [1.807, 2.05) is 0 Å². The average molecular weight is 402 g/mol. The number of hydrogen-bond donors (Lipinski definition) is 1. The van der Waals surface area contributed by atoms with Gasteiger partial charge in [0, 0.05) is 5.02 Å². The second-order valence-corrected chi connectivity index (χ2v) is 9.65. The highest BCUT2D eigenvalue weighted by atomic mass is 35.5.